The Morgan fingerprint density at radius 1 is 1.67 bits per heavy atom. The summed E-state index contributed by atoms with van der Waals surface area (Å²) < 4.78 is 9.07. The van der Waals surface area contributed by atoms with Crippen molar-refractivity contribution >= 4 is 7.32 Å². The van der Waals surface area contributed by atoms with Gasteiger partial charge in [-0.1, -0.05) is 12.2 Å². The molecule has 3 nitrogen and oxygen atoms in total. The molecule has 0 spiro atoms. The van der Waals surface area contributed by atoms with E-state index in [1.807, 2.05) is 13.0 Å². The average molecular weight is 130 g/mol. The maximum atomic E-state index is 8.61. The lowest BCUT2D eigenvalue weighted by atomic mass is 10.2. The standard InChI is InChI=1S/C5H11BO3/c1-3-4-5-9-6(7)8-2/h3-4,7H,5H2,1-2H3/b4-3-. The third kappa shape index (κ3) is 5.56. The summed E-state index contributed by atoms with van der Waals surface area (Å²) >= 11 is 0. The molecule has 9 heavy (non-hydrogen) atoms. The van der Waals surface area contributed by atoms with Crippen LogP contribution in [0, 0.1) is 0 Å². The van der Waals surface area contributed by atoms with Crippen molar-refractivity contribution < 1.29 is 14.3 Å². The molecule has 0 saturated carbocycles. The third-order valence-corrected chi connectivity index (χ3v) is 0.772. The highest BCUT2D eigenvalue weighted by Gasteiger charge is 2.09. The van der Waals surface area contributed by atoms with Crippen LogP contribution in [0.2, 0.25) is 0 Å². The molecule has 0 heterocycles. The Morgan fingerprint density at radius 3 is 2.78 bits per heavy atom. The molecule has 0 amide bonds. The first kappa shape index (κ1) is 8.68. The minimum atomic E-state index is -1.10. The summed E-state index contributed by atoms with van der Waals surface area (Å²) in [5.74, 6) is 0. The molecular weight excluding hydrogens is 119 g/mol. The molecule has 0 aliphatic rings. The zero-order valence-corrected chi connectivity index (χ0v) is 5.70. The van der Waals surface area contributed by atoms with E-state index >= 15 is 0 Å². The van der Waals surface area contributed by atoms with E-state index < -0.39 is 7.32 Å². The zero-order valence-electron chi connectivity index (χ0n) is 5.70. The highest BCUT2D eigenvalue weighted by atomic mass is 16.7. The van der Waals surface area contributed by atoms with Gasteiger partial charge >= 0.3 is 7.32 Å². The lowest BCUT2D eigenvalue weighted by molar-refractivity contribution is 0.175. The van der Waals surface area contributed by atoms with Gasteiger partial charge in [0, 0.05) is 7.11 Å². The molecule has 52 valence electrons. The molecule has 0 bridgehead atoms. The van der Waals surface area contributed by atoms with E-state index in [0.717, 1.165) is 0 Å². The molecule has 0 fully saturated rings. The monoisotopic (exact) mass is 130 g/mol. The van der Waals surface area contributed by atoms with Gasteiger partial charge in [0.1, 0.15) is 0 Å². The Morgan fingerprint density at radius 2 is 2.33 bits per heavy atom. The topological polar surface area (TPSA) is 38.7 Å². The highest BCUT2D eigenvalue weighted by molar-refractivity contribution is 6.34. The van der Waals surface area contributed by atoms with Gasteiger partial charge in [0.15, 0.2) is 0 Å². The number of allylic oxidation sites excluding steroid dienone is 1. The van der Waals surface area contributed by atoms with Gasteiger partial charge < -0.3 is 14.3 Å². The fourth-order valence-electron chi connectivity index (χ4n) is 0.302. The van der Waals surface area contributed by atoms with Crippen LogP contribution >= 0.6 is 0 Å². The average Bonchev–Trinajstić information content (AvgIpc) is 1.89. The van der Waals surface area contributed by atoms with Gasteiger partial charge in [0.05, 0.1) is 6.61 Å². The van der Waals surface area contributed by atoms with Crippen LogP contribution < -0.4 is 0 Å². The van der Waals surface area contributed by atoms with Crippen LogP contribution in [0.1, 0.15) is 6.92 Å². The minimum absolute atomic E-state index is 0.380. The molecule has 0 rings (SSSR count). The second-order valence-electron chi connectivity index (χ2n) is 1.45. The Kier molecular flexibility index (Phi) is 5.61. The van der Waals surface area contributed by atoms with E-state index in [1.165, 1.54) is 7.11 Å². The van der Waals surface area contributed by atoms with Crippen LogP contribution in [0.4, 0.5) is 0 Å². The Labute approximate surface area is 55.5 Å². The van der Waals surface area contributed by atoms with E-state index in [9.17, 15) is 0 Å². The van der Waals surface area contributed by atoms with Crippen molar-refractivity contribution in [3.63, 3.8) is 0 Å². The minimum Gasteiger partial charge on any atom is -0.402 e. The van der Waals surface area contributed by atoms with Crippen molar-refractivity contribution in [3.05, 3.63) is 12.2 Å². The summed E-state index contributed by atoms with van der Waals surface area (Å²) in [6.07, 6.45) is 3.62. The summed E-state index contributed by atoms with van der Waals surface area (Å²) in [5, 5.41) is 8.61. The Hall–Kier alpha value is -0.315. The van der Waals surface area contributed by atoms with Gasteiger partial charge in [-0.25, -0.2) is 0 Å². The predicted molar refractivity (Wildman–Crippen MR) is 35.7 cm³/mol. The fourth-order valence-corrected chi connectivity index (χ4v) is 0.302. The van der Waals surface area contributed by atoms with Crippen LogP contribution in [0.15, 0.2) is 12.2 Å². The van der Waals surface area contributed by atoms with E-state index in [2.05, 4.69) is 9.31 Å². The van der Waals surface area contributed by atoms with Gasteiger partial charge in [-0.3, -0.25) is 0 Å². The third-order valence-electron chi connectivity index (χ3n) is 0.772. The van der Waals surface area contributed by atoms with Gasteiger partial charge in [-0.05, 0) is 6.92 Å². The van der Waals surface area contributed by atoms with E-state index in [0.29, 0.717) is 6.61 Å². The van der Waals surface area contributed by atoms with Crippen molar-refractivity contribution in [1.82, 2.24) is 0 Å². The van der Waals surface area contributed by atoms with Gasteiger partial charge in [0.2, 0.25) is 0 Å². The summed E-state index contributed by atoms with van der Waals surface area (Å²) in [6, 6.07) is 0. The zero-order chi connectivity index (χ0) is 7.11. The first-order valence-corrected chi connectivity index (χ1v) is 2.75. The smallest absolute Gasteiger partial charge is 0.402 e. The molecule has 0 atom stereocenters. The number of hydrogen-bond acceptors (Lipinski definition) is 3. The SMILES string of the molecule is C/C=C\COB(O)OC. The van der Waals surface area contributed by atoms with Gasteiger partial charge in [0.25, 0.3) is 0 Å². The summed E-state index contributed by atoms with van der Waals surface area (Å²) in [5.41, 5.74) is 0. The molecule has 0 saturated heterocycles. The molecule has 0 aromatic rings. The molecule has 0 radical (unpaired) electrons. The number of hydrogen-bond donors (Lipinski definition) is 1. The van der Waals surface area contributed by atoms with Crippen molar-refractivity contribution in [2.24, 2.45) is 0 Å². The van der Waals surface area contributed by atoms with Crippen LogP contribution in [0.3, 0.4) is 0 Å². The van der Waals surface area contributed by atoms with Gasteiger partial charge in [-0.15, -0.1) is 0 Å². The van der Waals surface area contributed by atoms with Crippen LogP contribution in [0.5, 0.6) is 0 Å². The maximum absolute atomic E-state index is 8.61. The second-order valence-corrected chi connectivity index (χ2v) is 1.45. The van der Waals surface area contributed by atoms with E-state index in [-0.39, 0.29) is 0 Å². The molecule has 0 aliphatic carbocycles. The fraction of sp³-hybridized carbons (Fsp3) is 0.600. The van der Waals surface area contributed by atoms with Crippen molar-refractivity contribution in [2.75, 3.05) is 13.7 Å². The van der Waals surface area contributed by atoms with Gasteiger partial charge in [-0.2, -0.15) is 0 Å². The summed E-state index contributed by atoms with van der Waals surface area (Å²) in [6.45, 7) is 2.26. The molecule has 0 aliphatic heterocycles. The largest absolute Gasteiger partial charge is 0.636 e. The van der Waals surface area contributed by atoms with E-state index in [4.69, 9.17) is 5.02 Å². The number of rotatable bonds is 4. The van der Waals surface area contributed by atoms with Crippen LogP contribution in [0.25, 0.3) is 0 Å². The molecule has 0 aromatic heterocycles. The Bertz CT molecular complexity index is 84.3. The lowest BCUT2D eigenvalue weighted by Gasteiger charge is -1.99. The quantitative estimate of drug-likeness (QED) is 0.436. The van der Waals surface area contributed by atoms with E-state index in [1.54, 1.807) is 6.08 Å². The molecule has 0 aromatic carbocycles. The van der Waals surface area contributed by atoms with Crippen molar-refractivity contribution in [1.29, 1.82) is 0 Å². The summed E-state index contributed by atoms with van der Waals surface area (Å²) in [4.78, 5) is 0. The highest BCUT2D eigenvalue weighted by Crippen LogP contribution is 1.81. The molecular formula is C5H11BO3. The molecule has 1 N–H and O–H groups in total. The first-order valence-electron chi connectivity index (χ1n) is 2.75. The predicted octanol–water partition coefficient (Wildman–Crippen LogP) is 0.203. The molecule has 0 unspecified atom stereocenters. The van der Waals surface area contributed by atoms with Crippen LogP contribution in [-0.4, -0.2) is 26.1 Å². The van der Waals surface area contributed by atoms with Crippen molar-refractivity contribution in [2.45, 2.75) is 6.92 Å². The first-order chi connectivity index (χ1) is 4.31. The van der Waals surface area contributed by atoms with Crippen LogP contribution in [-0.2, 0) is 9.31 Å². The Balaban J connectivity index is 3.06. The maximum Gasteiger partial charge on any atom is 0.636 e. The molecule has 4 heteroatoms. The normalized spacial score (nSPS) is 10.6. The second kappa shape index (κ2) is 5.82. The lowest BCUT2D eigenvalue weighted by Crippen LogP contribution is -2.20. The summed E-state index contributed by atoms with van der Waals surface area (Å²) in [7, 11) is 0.279. The van der Waals surface area contributed by atoms with Crippen molar-refractivity contribution in [3.8, 4) is 0 Å².